The summed E-state index contributed by atoms with van der Waals surface area (Å²) in [5.41, 5.74) is 0. The number of hydrogen-bond acceptors (Lipinski definition) is 1. The summed E-state index contributed by atoms with van der Waals surface area (Å²) in [4.78, 5) is 11.3. The fourth-order valence-electron chi connectivity index (χ4n) is 1.44. The van der Waals surface area contributed by atoms with Gasteiger partial charge in [-0.15, -0.1) is 12.3 Å². The van der Waals surface area contributed by atoms with E-state index >= 15 is 0 Å². The molecule has 2 heteroatoms. The maximum absolute atomic E-state index is 11.3. The smallest absolute Gasteiger partial charge is 0.220 e. The molecule has 0 saturated carbocycles. The molecule has 0 bridgehead atoms. The Bertz CT molecular complexity index is 203. The monoisotopic (exact) mass is 209 g/mol. The number of rotatable bonds is 8. The van der Waals surface area contributed by atoms with E-state index in [4.69, 9.17) is 6.42 Å². The van der Waals surface area contributed by atoms with Gasteiger partial charge in [0.05, 0.1) is 0 Å². The van der Waals surface area contributed by atoms with Crippen molar-refractivity contribution in [2.24, 2.45) is 0 Å². The SMILES string of the molecule is C#CCCCCCCCC(=O)NC(C)C. The van der Waals surface area contributed by atoms with Gasteiger partial charge in [0.25, 0.3) is 0 Å². The molecule has 0 aromatic carbocycles. The first-order valence-corrected chi connectivity index (χ1v) is 5.89. The van der Waals surface area contributed by atoms with E-state index in [9.17, 15) is 4.79 Å². The highest BCUT2D eigenvalue weighted by atomic mass is 16.1. The van der Waals surface area contributed by atoms with E-state index in [0.717, 1.165) is 25.7 Å². The molecule has 0 aliphatic rings. The Morgan fingerprint density at radius 2 is 1.80 bits per heavy atom. The zero-order valence-corrected chi connectivity index (χ0v) is 10.0. The van der Waals surface area contributed by atoms with Gasteiger partial charge in [0, 0.05) is 18.9 Å². The third-order valence-corrected chi connectivity index (χ3v) is 2.17. The van der Waals surface area contributed by atoms with Crippen molar-refractivity contribution in [1.29, 1.82) is 0 Å². The Balaban J connectivity index is 3.17. The second-order valence-electron chi connectivity index (χ2n) is 4.19. The van der Waals surface area contributed by atoms with E-state index < -0.39 is 0 Å². The average Bonchev–Trinajstić information content (AvgIpc) is 2.15. The lowest BCUT2D eigenvalue weighted by Gasteiger charge is -2.07. The van der Waals surface area contributed by atoms with Crippen LogP contribution in [-0.4, -0.2) is 11.9 Å². The van der Waals surface area contributed by atoms with E-state index in [1.807, 2.05) is 13.8 Å². The minimum atomic E-state index is 0.175. The highest BCUT2D eigenvalue weighted by molar-refractivity contribution is 5.76. The van der Waals surface area contributed by atoms with Gasteiger partial charge in [0.2, 0.25) is 5.91 Å². The van der Waals surface area contributed by atoms with Crippen molar-refractivity contribution in [3.05, 3.63) is 0 Å². The third kappa shape index (κ3) is 11.0. The molecular formula is C13H23NO. The molecule has 0 aromatic rings. The number of carbonyl (C=O) groups is 1. The molecule has 2 nitrogen and oxygen atoms in total. The summed E-state index contributed by atoms with van der Waals surface area (Å²) in [5, 5.41) is 2.89. The molecule has 0 spiro atoms. The molecule has 1 N–H and O–H groups in total. The Labute approximate surface area is 93.8 Å². The van der Waals surface area contributed by atoms with Gasteiger partial charge in [-0.1, -0.05) is 19.3 Å². The van der Waals surface area contributed by atoms with E-state index in [-0.39, 0.29) is 11.9 Å². The van der Waals surface area contributed by atoms with Gasteiger partial charge in [-0.25, -0.2) is 0 Å². The first kappa shape index (κ1) is 14.0. The highest BCUT2D eigenvalue weighted by Gasteiger charge is 2.01. The number of unbranched alkanes of at least 4 members (excludes halogenated alkanes) is 5. The minimum absolute atomic E-state index is 0.175. The van der Waals surface area contributed by atoms with Crippen molar-refractivity contribution >= 4 is 5.91 Å². The van der Waals surface area contributed by atoms with Crippen LogP contribution in [0.1, 0.15) is 58.8 Å². The van der Waals surface area contributed by atoms with E-state index in [1.54, 1.807) is 0 Å². The largest absolute Gasteiger partial charge is 0.354 e. The molecule has 0 rings (SSSR count). The fraction of sp³-hybridized carbons (Fsp3) is 0.769. The molecule has 0 aliphatic heterocycles. The second kappa shape index (κ2) is 9.58. The number of hydrogen-bond donors (Lipinski definition) is 1. The van der Waals surface area contributed by atoms with Gasteiger partial charge < -0.3 is 5.32 Å². The highest BCUT2D eigenvalue weighted by Crippen LogP contribution is 2.06. The molecule has 1 amide bonds. The van der Waals surface area contributed by atoms with Crippen LogP contribution in [0.15, 0.2) is 0 Å². The van der Waals surface area contributed by atoms with Crippen LogP contribution in [0.4, 0.5) is 0 Å². The lowest BCUT2D eigenvalue weighted by Crippen LogP contribution is -2.29. The molecule has 0 atom stereocenters. The number of terminal acetylenes is 1. The summed E-state index contributed by atoms with van der Waals surface area (Å²) in [6, 6.07) is 0.258. The van der Waals surface area contributed by atoms with E-state index in [2.05, 4.69) is 11.2 Å². The van der Waals surface area contributed by atoms with Crippen LogP contribution in [0.25, 0.3) is 0 Å². The van der Waals surface area contributed by atoms with Crippen LogP contribution in [-0.2, 0) is 4.79 Å². The molecule has 86 valence electrons. The van der Waals surface area contributed by atoms with Crippen LogP contribution in [0.5, 0.6) is 0 Å². The fourth-order valence-corrected chi connectivity index (χ4v) is 1.44. The third-order valence-electron chi connectivity index (χ3n) is 2.17. The predicted octanol–water partition coefficient (Wildman–Crippen LogP) is 2.87. The second-order valence-corrected chi connectivity index (χ2v) is 4.19. The number of amides is 1. The zero-order chi connectivity index (χ0) is 11.5. The summed E-state index contributed by atoms with van der Waals surface area (Å²) in [6.45, 7) is 3.97. The topological polar surface area (TPSA) is 29.1 Å². The molecule has 0 radical (unpaired) electrons. The van der Waals surface area contributed by atoms with Crippen LogP contribution >= 0.6 is 0 Å². The first-order chi connectivity index (χ1) is 7.16. The first-order valence-electron chi connectivity index (χ1n) is 5.89. The van der Waals surface area contributed by atoms with Gasteiger partial charge in [0.15, 0.2) is 0 Å². The Kier molecular flexibility index (Phi) is 8.96. The van der Waals surface area contributed by atoms with Crippen LogP contribution < -0.4 is 5.32 Å². The lowest BCUT2D eigenvalue weighted by molar-refractivity contribution is -0.121. The summed E-state index contributed by atoms with van der Waals surface area (Å²) in [6.07, 6.45) is 12.3. The zero-order valence-electron chi connectivity index (χ0n) is 10.0. The molecule has 0 heterocycles. The Morgan fingerprint density at radius 3 is 2.40 bits per heavy atom. The predicted molar refractivity (Wildman–Crippen MR) is 64.4 cm³/mol. The Morgan fingerprint density at radius 1 is 1.20 bits per heavy atom. The molecule has 0 fully saturated rings. The van der Waals surface area contributed by atoms with Crippen molar-refractivity contribution in [3.63, 3.8) is 0 Å². The van der Waals surface area contributed by atoms with Crippen molar-refractivity contribution in [2.75, 3.05) is 0 Å². The minimum Gasteiger partial charge on any atom is -0.354 e. The number of carbonyl (C=O) groups excluding carboxylic acids is 1. The maximum Gasteiger partial charge on any atom is 0.220 e. The van der Waals surface area contributed by atoms with Crippen molar-refractivity contribution in [1.82, 2.24) is 5.32 Å². The van der Waals surface area contributed by atoms with Crippen molar-refractivity contribution in [2.45, 2.75) is 64.8 Å². The lowest BCUT2D eigenvalue weighted by atomic mass is 10.1. The van der Waals surface area contributed by atoms with Crippen molar-refractivity contribution < 1.29 is 4.79 Å². The summed E-state index contributed by atoms with van der Waals surface area (Å²) < 4.78 is 0. The van der Waals surface area contributed by atoms with Gasteiger partial charge in [0.1, 0.15) is 0 Å². The molecular weight excluding hydrogens is 186 g/mol. The van der Waals surface area contributed by atoms with Crippen LogP contribution in [0, 0.1) is 12.3 Å². The molecule has 0 aromatic heterocycles. The van der Waals surface area contributed by atoms with Crippen molar-refractivity contribution in [3.8, 4) is 12.3 Å². The summed E-state index contributed by atoms with van der Waals surface area (Å²) >= 11 is 0. The molecule has 15 heavy (non-hydrogen) atoms. The average molecular weight is 209 g/mol. The Hall–Kier alpha value is -0.970. The van der Waals surface area contributed by atoms with Crippen LogP contribution in [0.3, 0.4) is 0 Å². The van der Waals surface area contributed by atoms with Crippen LogP contribution in [0.2, 0.25) is 0 Å². The maximum atomic E-state index is 11.3. The van der Waals surface area contributed by atoms with Gasteiger partial charge >= 0.3 is 0 Å². The normalized spacial score (nSPS) is 10.0. The molecule has 0 unspecified atom stereocenters. The molecule has 0 aliphatic carbocycles. The summed E-state index contributed by atoms with van der Waals surface area (Å²) in [5.74, 6) is 2.81. The van der Waals surface area contributed by atoms with Gasteiger partial charge in [-0.2, -0.15) is 0 Å². The summed E-state index contributed by atoms with van der Waals surface area (Å²) in [7, 11) is 0. The standard InChI is InChI=1S/C13H23NO/c1-4-5-6-7-8-9-10-11-13(15)14-12(2)3/h1,12H,5-11H2,2-3H3,(H,14,15). The van der Waals surface area contributed by atoms with Gasteiger partial charge in [-0.3, -0.25) is 4.79 Å². The van der Waals surface area contributed by atoms with Gasteiger partial charge in [-0.05, 0) is 26.7 Å². The quantitative estimate of drug-likeness (QED) is 0.483. The number of nitrogens with one attached hydrogen (secondary N) is 1. The molecule has 0 saturated heterocycles. The van der Waals surface area contributed by atoms with E-state index in [1.165, 1.54) is 12.8 Å². The van der Waals surface area contributed by atoms with E-state index in [0.29, 0.717) is 6.42 Å².